The number of aliphatic hydroxyl groups is 1. The number of ether oxygens (including phenoxy) is 1. The lowest BCUT2D eigenvalue weighted by Crippen LogP contribution is -2.59. The van der Waals surface area contributed by atoms with E-state index in [0.29, 0.717) is 19.3 Å². The smallest absolute Gasteiger partial charge is 0.411 e. The van der Waals surface area contributed by atoms with Gasteiger partial charge in [-0.2, -0.15) is 0 Å². The molecule has 4 atom stereocenters. The molecule has 4 N–H and O–H groups in total. The van der Waals surface area contributed by atoms with Crippen LogP contribution >= 0.6 is 0 Å². The average molecular weight is 341 g/mol. The number of nitrogens with zero attached hydrogens (tertiary/aromatic N) is 1. The number of hydrogen-bond acceptors (Lipinski definition) is 6. The molecule has 8 nitrogen and oxygen atoms in total. The van der Waals surface area contributed by atoms with E-state index in [0.717, 1.165) is 0 Å². The summed E-state index contributed by atoms with van der Waals surface area (Å²) in [6, 6.07) is -1.24. The normalized spacial score (nSPS) is 29.3. The van der Waals surface area contributed by atoms with Crippen LogP contribution in [0.4, 0.5) is 4.79 Å². The van der Waals surface area contributed by atoms with Gasteiger partial charge in [-0.25, -0.2) is 4.79 Å². The van der Waals surface area contributed by atoms with Crippen LogP contribution in [0.5, 0.6) is 0 Å². The number of Topliss-reactive ketones (excluding diaryl/α,β-unsaturated/α-hetero) is 1. The molecule has 136 valence electrons. The zero-order valence-electron chi connectivity index (χ0n) is 14.7. The van der Waals surface area contributed by atoms with Gasteiger partial charge in [0.2, 0.25) is 5.91 Å². The van der Waals surface area contributed by atoms with E-state index in [1.165, 1.54) is 11.8 Å². The van der Waals surface area contributed by atoms with Crippen molar-refractivity contribution in [1.29, 1.82) is 0 Å². The minimum atomic E-state index is -0.967. The maximum atomic E-state index is 12.5. The van der Waals surface area contributed by atoms with Gasteiger partial charge in [0.1, 0.15) is 17.2 Å². The van der Waals surface area contributed by atoms with E-state index in [1.54, 1.807) is 20.8 Å². The van der Waals surface area contributed by atoms with Crippen molar-refractivity contribution < 1.29 is 24.2 Å². The van der Waals surface area contributed by atoms with Crippen molar-refractivity contribution in [3.8, 4) is 0 Å². The molecule has 1 saturated carbocycles. The van der Waals surface area contributed by atoms with Crippen molar-refractivity contribution in [3.63, 3.8) is 0 Å². The fourth-order valence-corrected chi connectivity index (χ4v) is 3.39. The van der Waals surface area contributed by atoms with E-state index in [2.05, 4.69) is 5.32 Å². The summed E-state index contributed by atoms with van der Waals surface area (Å²) in [5.74, 6) is -0.667. The number of primary amides is 1. The Balaban J connectivity index is 2.15. The summed E-state index contributed by atoms with van der Waals surface area (Å²) < 4.78 is 5.42. The number of likely N-dealkylation sites (tertiary alicyclic amines) is 1. The van der Waals surface area contributed by atoms with Crippen molar-refractivity contribution in [2.45, 2.75) is 76.3 Å². The Hall–Kier alpha value is -1.67. The van der Waals surface area contributed by atoms with Gasteiger partial charge in [0.15, 0.2) is 5.78 Å². The number of nitrogens with two attached hydrogens (primary N) is 1. The van der Waals surface area contributed by atoms with Crippen LogP contribution in [0, 0.1) is 0 Å². The van der Waals surface area contributed by atoms with Gasteiger partial charge in [-0.1, -0.05) is 0 Å². The van der Waals surface area contributed by atoms with Crippen LogP contribution in [0.1, 0.15) is 47.0 Å². The molecule has 2 unspecified atom stereocenters. The molecule has 0 aromatic heterocycles. The third kappa shape index (κ3) is 3.54. The Morgan fingerprint density at radius 2 is 2.08 bits per heavy atom. The topological polar surface area (TPSA) is 122 Å². The maximum Gasteiger partial charge on any atom is 0.411 e. The first-order chi connectivity index (χ1) is 11.0. The molecule has 1 aliphatic heterocycles. The third-order valence-electron chi connectivity index (χ3n) is 4.61. The number of aliphatic hydroxyl groups excluding tert-OH is 1. The van der Waals surface area contributed by atoms with Crippen LogP contribution in [0.2, 0.25) is 0 Å². The molecule has 1 saturated heterocycles. The Bertz CT molecular complexity index is 542. The summed E-state index contributed by atoms with van der Waals surface area (Å²) in [6.45, 7) is 7.00. The summed E-state index contributed by atoms with van der Waals surface area (Å²) in [6.07, 6.45) is -0.0961. The molecule has 2 amide bonds. The second-order valence-corrected chi connectivity index (χ2v) is 7.73. The molecule has 1 aliphatic carbocycles. The maximum absolute atomic E-state index is 12.5. The summed E-state index contributed by atoms with van der Waals surface area (Å²) in [5, 5.41) is 12.7. The zero-order chi connectivity index (χ0) is 18.3. The minimum Gasteiger partial charge on any atom is -0.444 e. The number of hydrogen-bond donors (Lipinski definition) is 3. The molecule has 0 bridgehead atoms. The van der Waals surface area contributed by atoms with Gasteiger partial charge < -0.3 is 15.6 Å². The summed E-state index contributed by atoms with van der Waals surface area (Å²) >= 11 is 0. The highest BCUT2D eigenvalue weighted by atomic mass is 16.6. The quantitative estimate of drug-likeness (QED) is 0.657. The lowest BCUT2D eigenvalue weighted by atomic mass is 9.73. The molecular weight excluding hydrogens is 314 g/mol. The molecule has 1 heterocycles. The predicted octanol–water partition coefficient (Wildman–Crippen LogP) is -0.0782. The highest BCUT2D eigenvalue weighted by molar-refractivity contribution is 5.97. The average Bonchev–Trinajstić information content (AvgIpc) is 2.82. The molecule has 2 aliphatic rings. The van der Waals surface area contributed by atoms with Gasteiger partial charge >= 0.3 is 6.09 Å². The first kappa shape index (κ1) is 18.7. The molecule has 0 radical (unpaired) electrons. The molecule has 1 spiro atoms. The standard InChI is InChI=1S/C16H27N3O5/c1-9(20)12(13(17)22)18-10-7-16(6-5-11(16)21)19(8-10)14(23)24-15(2,3)4/h9-10,12,18,20H,5-8H2,1-4H3,(H2,17,22)/t9-,10?,12+,16?/m1/s1. The zero-order valence-corrected chi connectivity index (χ0v) is 14.7. The van der Waals surface area contributed by atoms with E-state index in [4.69, 9.17) is 10.5 Å². The largest absolute Gasteiger partial charge is 0.444 e. The van der Waals surface area contributed by atoms with E-state index in [9.17, 15) is 19.5 Å². The van der Waals surface area contributed by atoms with Crippen LogP contribution in [-0.2, 0) is 14.3 Å². The monoisotopic (exact) mass is 341 g/mol. The van der Waals surface area contributed by atoms with E-state index >= 15 is 0 Å². The fourth-order valence-electron chi connectivity index (χ4n) is 3.39. The predicted molar refractivity (Wildman–Crippen MR) is 86.1 cm³/mol. The summed E-state index contributed by atoms with van der Waals surface area (Å²) in [5.41, 5.74) is 3.78. The fraction of sp³-hybridized carbons (Fsp3) is 0.812. The van der Waals surface area contributed by atoms with Crippen LogP contribution in [0.15, 0.2) is 0 Å². The van der Waals surface area contributed by atoms with Gasteiger partial charge in [0, 0.05) is 19.0 Å². The van der Waals surface area contributed by atoms with E-state index in [1.807, 2.05) is 0 Å². The van der Waals surface area contributed by atoms with Crippen molar-refractivity contribution in [3.05, 3.63) is 0 Å². The van der Waals surface area contributed by atoms with Gasteiger partial charge in [0.05, 0.1) is 6.10 Å². The minimum absolute atomic E-state index is 0.00494. The highest BCUT2D eigenvalue weighted by Gasteiger charge is 2.58. The number of nitrogens with one attached hydrogen (secondary N) is 1. The number of ketones is 1. The van der Waals surface area contributed by atoms with Gasteiger partial charge in [-0.15, -0.1) is 0 Å². The lowest BCUT2D eigenvalue weighted by Gasteiger charge is -2.43. The Morgan fingerprint density at radius 3 is 2.46 bits per heavy atom. The SMILES string of the molecule is C[C@@H](O)[C@H](NC1CN(C(=O)OC(C)(C)C)C2(CCC2=O)C1)C(N)=O. The van der Waals surface area contributed by atoms with Gasteiger partial charge in [-0.05, 0) is 40.5 Å². The summed E-state index contributed by atoms with van der Waals surface area (Å²) in [7, 11) is 0. The molecule has 0 aromatic rings. The van der Waals surface area contributed by atoms with Gasteiger partial charge in [0.25, 0.3) is 0 Å². The Morgan fingerprint density at radius 1 is 1.46 bits per heavy atom. The molecule has 0 aromatic carbocycles. The van der Waals surface area contributed by atoms with Crippen LogP contribution in [-0.4, -0.2) is 63.7 Å². The third-order valence-corrected chi connectivity index (χ3v) is 4.61. The number of carbonyl (C=O) groups excluding carboxylic acids is 3. The second kappa shape index (κ2) is 6.33. The van der Waals surface area contributed by atoms with Crippen molar-refractivity contribution in [2.75, 3.05) is 6.54 Å². The Kier molecular flexibility index (Phi) is 4.92. The van der Waals surface area contributed by atoms with Gasteiger partial charge in [-0.3, -0.25) is 19.8 Å². The first-order valence-corrected chi connectivity index (χ1v) is 8.23. The van der Waals surface area contributed by atoms with Crippen molar-refractivity contribution in [1.82, 2.24) is 10.2 Å². The van der Waals surface area contributed by atoms with E-state index < -0.39 is 35.3 Å². The van der Waals surface area contributed by atoms with Crippen molar-refractivity contribution in [2.24, 2.45) is 5.73 Å². The second-order valence-electron chi connectivity index (χ2n) is 7.73. The molecule has 24 heavy (non-hydrogen) atoms. The molecule has 2 rings (SSSR count). The van der Waals surface area contributed by atoms with Crippen LogP contribution in [0.3, 0.4) is 0 Å². The highest BCUT2D eigenvalue weighted by Crippen LogP contribution is 2.43. The van der Waals surface area contributed by atoms with E-state index in [-0.39, 0.29) is 18.4 Å². The number of carbonyl (C=O) groups is 3. The Labute approximate surface area is 141 Å². The van der Waals surface area contributed by atoms with Crippen LogP contribution < -0.4 is 11.1 Å². The number of rotatable bonds is 4. The number of amides is 2. The summed E-state index contributed by atoms with van der Waals surface area (Å²) in [4.78, 5) is 37.6. The van der Waals surface area contributed by atoms with Crippen molar-refractivity contribution >= 4 is 17.8 Å². The molecule has 2 fully saturated rings. The molecular formula is C16H27N3O5. The lowest BCUT2D eigenvalue weighted by molar-refractivity contribution is -0.138. The first-order valence-electron chi connectivity index (χ1n) is 8.23. The van der Waals surface area contributed by atoms with Crippen LogP contribution in [0.25, 0.3) is 0 Å². The molecule has 8 heteroatoms.